The molecule has 0 rings (SSSR count). The van der Waals surface area contributed by atoms with Gasteiger partial charge in [-0.15, -0.1) is 0 Å². The van der Waals surface area contributed by atoms with E-state index in [-0.39, 0.29) is 5.75 Å². The van der Waals surface area contributed by atoms with E-state index in [0.717, 1.165) is 19.3 Å². The van der Waals surface area contributed by atoms with Crippen LogP contribution in [0.1, 0.15) is 32.6 Å². The van der Waals surface area contributed by atoms with Gasteiger partial charge >= 0.3 is 0 Å². The molecule has 3 N–H and O–H groups in total. The molecule has 0 aromatic heterocycles. The van der Waals surface area contributed by atoms with E-state index in [1.165, 1.54) is 0 Å². The molecule has 0 saturated heterocycles. The van der Waals surface area contributed by atoms with Crippen molar-refractivity contribution in [3.8, 4) is 0 Å². The minimum absolute atomic E-state index is 0.132. The van der Waals surface area contributed by atoms with E-state index < -0.39 is 10.9 Å². The van der Waals surface area contributed by atoms with Crippen molar-refractivity contribution in [3.63, 3.8) is 0 Å². The fraction of sp³-hybridized carbons (Fsp3) is 1.00. The highest BCUT2D eigenvalue weighted by Gasteiger charge is 2.09. The first-order chi connectivity index (χ1) is 4.56. The lowest BCUT2D eigenvalue weighted by Gasteiger charge is -2.17. The molecule has 0 heterocycles. The Balaban J connectivity index is 3.04. The van der Waals surface area contributed by atoms with E-state index >= 15 is 0 Å². The second kappa shape index (κ2) is 4.96. The molecule has 0 bridgehead atoms. The van der Waals surface area contributed by atoms with Gasteiger partial charge in [-0.25, -0.2) is 0 Å². The van der Waals surface area contributed by atoms with Gasteiger partial charge < -0.3 is 13.7 Å². The van der Waals surface area contributed by atoms with Crippen molar-refractivity contribution < 1.29 is 13.7 Å². The molecule has 4 heteroatoms. The highest BCUT2D eigenvalue weighted by Crippen LogP contribution is 2.33. The normalized spacial score (nSPS) is 13.6. The average molecular weight is 168 g/mol. The van der Waals surface area contributed by atoms with Crippen molar-refractivity contribution in [2.45, 2.75) is 32.6 Å². The molecular weight excluding hydrogens is 152 g/mol. The molecule has 3 nitrogen and oxygen atoms in total. The SMILES string of the molecule is CCCCCCS(O)(O)O. The maximum absolute atomic E-state index is 8.51. The molecule has 0 aromatic carbocycles. The van der Waals surface area contributed by atoms with E-state index in [1.807, 2.05) is 0 Å². The molecule has 0 radical (unpaired) electrons. The lowest BCUT2D eigenvalue weighted by molar-refractivity contribution is 0.373. The summed E-state index contributed by atoms with van der Waals surface area (Å²) in [4.78, 5) is 0. The van der Waals surface area contributed by atoms with E-state index in [9.17, 15) is 0 Å². The maximum Gasteiger partial charge on any atom is 0.0810 e. The van der Waals surface area contributed by atoms with Gasteiger partial charge in [-0.05, 0) is 6.42 Å². The van der Waals surface area contributed by atoms with Crippen molar-refractivity contribution in [3.05, 3.63) is 0 Å². The molecule has 10 heavy (non-hydrogen) atoms. The Kier molecular flexibility index (Phi) is 5.07. The third-order valence-electron chi connectivity index (χ3n) is 1.27. The third-order valence-corrected chi connectivity index (χ3v) is 2.11. The van der Waals surface area contributed by atoms with Crippen LogP contribution in [0.2, 0.25) is 0 Å². The van der Waals surface area contributed by atoms with Gasteiger partial charge in [0, 0.05) is 5.75 Å². The molecule has 0 saturated carbocycles. The van der Waals surface area contributed by atoms with Gasteiger partial charge in [-0.2, -0.15) is 0 Å². The Morgan fingerprint density at radius 3 is 2.00 bits per heavy atom. The zero-order chi connectivity index (χ0) is 8.04. The Morgan fingerprint density at radius 1 is 1.00 bits per heavy atom. The largest absolute Gasteiger partial charge is 0.308 e. The Hall–Kier alpha value is 0.230. The van der Waals surface area contributed by atoms with Crippen molar-refractivity contribution >= 4 is 10.9 Å². The molecule has 0 aliphatic heterocycles. The Labute approximate surface area is 63.6 Å². The van der Waals surface area contributed by atoms with E-state index in [0.29, 0.717) is 6.42 Å². The molecular formula is C6H16O3S. The number of unbranched alkanes of at least 4 members (excludes halogenated alkanes) is 3. The lowest BCUT2D eigenvalue weighted by atomic mass is 10.2. The molecule has 0 spiro atoms. The first-order valence-electron chi connectivity index (χ1n) is 3.54. The molecule has 0 aromatic rings. The van der Waals surface area contributed by atoms with Crippen LogP contribution in [0.15, 0.2) is 0 Å². The second-order valence-corrected chi connectivity index (χ2v) is 4.07. The maximum atomic E-state index is 8.51. The molecule has 0 atom stereocenters. The van der Waals surface area contributed by atoms with Crippen molar-refractivity contribution in [2.75, 3.05) is 5.75 Å². The highest BCUT2D eigenvalue weighted by atomic mass is 32.3. The first-order valence-corrected chi connectivity index (χ1v) is 5.22. The van der Waals surface area contributed by atoms with Gasteiger partial charge in [0.25, 0.3) is 0 Å². The summed E-state index contributed by atoms with van der Waals surface area (Å²) < 4.78 is 25.5. The number of rotatable bonds is 5. The fourth-order valence-corrected chi connectivity index (χ4v) is 1.31. The van der Waals surface area contributed by atoms with E-state index in [4.69, 9.17) is 13.7 Å². The second-order valence-electron chi connectivity index (χ2n) is 2.40. The predicted molar refractivity (Wildman–Crippen MR) is 44.5 cm³/mol. The molecule has 64 valence electrons. The Bertz CT molecular complexity index is 79.6. The Morgan fingerprint density at radius 2 is 1.60 bits per heavy atom. The van der Waals surface area contributed by atoms with Gasteiger partial charge in [0.15, 0.2) is 0 Å². The standard InChI is InChI=1S/C6H16O3S/c1-2-3-4-5-6-10(7,8)9/h7-9H,2-6H2,1H3. The summed E-state index contributed by atoms with van der Waals surface area (Å²) in [5.41, 5.74) is 0. The van der Waals surface area contributed by atoms with Gasteiger partial charge in [0.05, 0.1) is 10.9 Å². The minimum Gasteiger partial charge on any atom is -0.308 e. The molecule has 0 aliphatic rings. The van der Waals surface area contributed by atoms with Crippen LogP contribution in [-0.2, 0) is 0 Å². The summed E-state index contributed by atoms with van der Waals surface area (Å²) in [6.45, 7) is 2.08. The molecule has 0 unspecified atom stereocenters. The van der Waals surface area contributed by atoms with Crippen molar-refractivity contribution in [1.29, 1.82) is 0 Å². The van der Waals surface area contributed by atoms with Gasteiger partial charge in [0.1, 0.15) is 0 Å². The first kappa shape index (κ1) is 10.2. The molecule has 0 amide bonds. The highest BCUT2D eigenvalue weighted by molar-refractivity contribution is 8.19. The minimum atomic E-state index is -3.20. The van der Waals surface area contributed by atoms with Gasteiger partial charge in [-0.1, -0.05) is 26.2 Å². The lowest BCUT2D eigenvalue weighted by Crippen LogP contribution is -2.00. The third kappa shape index (κ3) is 8.23. The average Bonchev–Trinajstić information content (AvgIpc) is 1.78. The fourth-order valence-electron chi connectivity index (χ4n) is 0.722. The molecule has 0 fully saturated rings. The number of hydrogen-bond donors (Lipinski definition) is 3. The van der Waals surface area contributed by atoms with Crippen LogP contribution in [0.25, 0.3) is 0 Å². The van der Waals surface area contributed by atoms with Gasteiger partial charge in [0.2, 0.25) is 0 Å². The summed E-state index contributed by atoms with van der Waals surface area (Å²) in [6, 6.07) is 0. The quantitative estimate of drug-likeness (QED) is 0.553. The smallest absolute Gasteiger partial charge is 0.0810 e. The van der Waals surface area contributed by atoms with E-state index in [2.05, 4.69) is 6.92 Å². The van der Waals surface area contributed by atoms with Crippen molar-refractivity contribution in [2.24, 2.45) is 0 Å². The van der Waals surface area contributed by atoms with Crippen molar-refractivity contribution in [1.82, 2.24) is 0 Å². The zero-order valence-corrected chi connectivity index (χ0v) is 7.10. The van der Waals surface area contributed by atoms with Gasteiger partial charge in [-0.3, -0.25) is 0 Å². The summed E-state index contributed by atoms with van der Waals surface area (Å²) in [5, 5.41) is 0. The van der Waals surface area contributed by atoms with Crippen LogP contribution in [0.3, 0.4) is 0 Å². The summed E-state index contributed by atoms with van der Waals surface area (Å²) in [7, 11) is -3.20. The number of hydrogen-bond acceptors (Lipinski definition) is 3. The van der Waals surface area contributed by atoms with Crippen LogP contribution >= 0.6 is 10.9 Å². The van der Waals surface area contributed by atoms with Crippen LogP contribution in [-0.4, -0.2) is 19.4 Å². The van der Waals surface area contributed by atoms with Crippen LogP contribution in [0.4, 0.5) is 0 Å². The summed E-state index contributed by atoms with van der Waals surface area (Å²) in [6.07, 6.45) is 3.87. The van der Waals surface area contributed by atoms with Crippen LogP contribution in [0.5, 0.6) is 0 Å². The summed E-state index contributed by atoms with van der Waals surface area (Å²) in [5.74, 6) is 0.132. The topological polar surface area (TPSA) is 60.7 Å². The van der Waals surface area contributed by atoms with Crippen LogP contribution in [0, 0.1) is 0 Å². The predicted octanol–water partition coefficient (Wildman–Crippen LogP) is 2.79. The molecule has 0 aliphatic carbocycles. The zero-order valence-electron chi connectivity index (χ0n) is 6.29. The van der Waals surface area contributed by atoms with E-state index in [1.54, 1.807) is 0 Å². The summed E-state index contributed by atoms with van der Waals surface area (Å²) >= 11 is 0. The van der Waals surface area contributed by atoms with Crippen LogP contribution < -0.4 is 0 Å². The monoisotopic (exact) mass is 168 g/mol.